The Morgan fingerprint density at radius 2 is 2.21 bits per heavy atom. The summed E-state index contributed by atoms with van der Waals surface area (Å²) in [6.45, 7) is 0.691. The Morgan fingerprint density at radius 3 is 2.93 bits per heavy atom. The van der Waals surface area contributed by atoms with E-state index in [1.54, 1.807) is 12.1 Å². The molecule has 3 nitrogen and oxygen atoms in total. The molecule has 1 aliphatic heterocycles. The minimum absolute atomic E-state index is 0. The number of carboxylic acids is 1. The van der Waals surface area contributed by atoms with Gasteiger partial charge in [0.15, 0.2) is 0 Å². The standard InChI is InChI=1S/C10H10O3.ClH/c11-10(12)8-3-1-5-9-7(8)4-2-6-13-9;/h1,3,5H,2,4,6H2,(H,11,12);1H. The zero-order chi connectivity index (χ0) is 9.26. The molecule has 0 saturated heterocycles. The van der Waals surface area contributed by atoms with Crippen molar-refractivity contribution in [2.45, 2.75) is 12.8 Å². The van der Waals surface area contributed by atoms with Gasteiger partial charge >= 0.3 is 5.97 Å². The quantitative estimate of drug-likeness (QED) is 0.779. The first-order valence-corrected chi connectivity index (χ1v) is 4.27. The van der Waals surface area contributed by atoms with Crippen LogP contribution in [0.5, 0.6) is 5.75 Å². The molecule has 0 atom stereocenters. The summed E-state index contributed by atoms with van der Waals surface area (Å²) in [5, 5.41) is 8.89. The van der Waals surface area contributed by atoms with E-state index in [2.05, 4.69) is 0 Å². The van der Waals surface area contributed by atoms with E-state index in [1.165, 1.54) is 0 Å². The number of hydrogen-bond donors (Lipinski definition) is 1. The van der Waals surface area contributed by atoms with Crippen molar-refractivity contribution in [3.05, 3.63) is 29.3 Å². The van der Waals surface area contributed by atoms with Crippen molar-refractivity contribution < 1.29 is 14.6 Å². The van der Waals surface area contributed by atoms with Gasteiger partial charge in [0.25, 0.3) is 0 Å². The van der Waals surface area contributed by atoms with Crippen LogP contribution in [0.4, 0.5) is 0 Å². The summed E-state index contributed by atoms with van der Waals surface area (Å²) in [4.78, 5) is 10.8. The number of aromatic carboxylic acids is 1. The van der Waals surface area contributed by atoms with Crippen LogP contribution in [0.1, 0.15) is 22.3 Å². The van der Waals surface area contributed by atoms with E-state index in [0.717, 1.165) is 24.2 Å². The van der Waals surface area contributed by atoms with Gasteiger partial charge in [-0.3, -0.25) is 0 Å². The summed E-state index contributed by atoms with van der Waals surface area (Å²) in [7, 11) is 0. The van der Waals surface area contributed by atoms with Gasteiger partial charge in [-0.25, -0.2) is 4.79 Å². The predicted octanol–water partition coefficient (Wildman–Crippen LogP) is 2.13. The summed E-state index contributed by atoms with van der Waals surface area (Å²) in [5.74, 6) is -0.145. The van der Waals surface area contributed by atoms with Crippen LogP contribution in [0, 0.1) is 0 Å². The molecule has 0 amide bonds. The minimum Gasteiger partial charge on any atom is -0.493 e. The number of rotatable bonds is 1. The Hall–Kier alpha value is -1.22. The highest BCUT2D eigenvalue weighted by molar-refractivity contribution is 5.90. The summed E-state index contributed by atoms with van der Waals surface area (Å²) < 4.78 is 5.35. The maximum absolute atomic E-state index is 10.8. The first-order valence-electron chi connectivity index (χ1n) is 4.27. The van der Waals surface area contributed by atoms with Gasteiger partial charge in [-0.1, -0.05) is 6.07 Å². The van der Waals surface area contributed by atoms with Gasteiger partial charge in [-0.05, 0) is 25.0 Å². The highest BCUT2D eigenvalue weighted by Crippen LogP contribution is 2.27. The van der Waals surface area contributed by atoms with Crippen molar-refractivity contribution in [2.75, 3.05) is 6.61 Å². The number of benzene rings is 1. The average Bonchev–Trinajstić information content (AvgIpc) is 2.17. The lowest BCUT2D eigenvalue weighted by Crippen LogP contribution is -2.12. The monoisotopic (exact) mass is 214 g/mol. The third-order valence-electron chi connectivity index (χ3n) is 2.19. The van der Waals surface area contributed by atoms with Crippen LogP contribution < -0.4 is 4.74 Å². The van der Waals surface area contributed by atoms with Gasteiger partial charge in [0, 0.05) is 5.56 Å². The maximum atomic E-state index is 10.8. The molecule has 14 heavy (non-hydrogen) atoms. The van der Waals surface area contributed by atoms with E-state index in [1.807, 2.05) is 6.07 Å². The second-order valence-electron chi connectivity index (χ2n) is 3.04. The highest BCUT2D eigenvalue weighted by atomic mass is 35.5. The topological polar surface area (TPSA) is 46.5 Å². The molecule has 1 heterocycles. The van der Waals surface area contributed by atoms with Crippen LogP contribution >= 0.6 is 12.4 Å². The fourth-order valence-electron chi connectivity index (χ4n) is 1.59. The molecule has 0 aromatic heterocycles. The fraction of sp³-hybridized carbons (Fsp3) is 0.300. The Bertz CT molecular complexity index is 349. The summed E-state index contributed by atoms with van der Waals surface area (Å²) in [6, 6.07) is 5.16. The smallest absolute Gasteiger partial charge is 0.336 e. The van der Waals surface area contributed by atoms with E-state index < -0.39 is 5.97 Å². The van der Waals surface area contributed by atoms with Gasteiger partial charge in [-0.2, -0.15) is 0 Å². The van der Waals surface area contributed by atoms with Crippen LogP contribution in [0.3, 0.4) is 0 Å². The van der Waals surface area contributed by atoms with Gasteiger partial charge in [0.05, 0.1) is 12.2 Å². The largest absolute Gasteiger partial charge is 0.493 e. The van der Waals surface area contributed by atoms with E-state index in [4.69, 9.17) is 9.84 Å². The fourth-order valence-corrected chi connectivity index (χ4v) is 1.59. The third-order valence-corrected chi connectivity index (χ3v) is 2.19. The molecule has 1 aliphatic rings. The lowest BCUT2D eigenvalue weighted by molar-refractivity contribution is 0.0694. The Kier molecular flexibility index (Phi) is 3.36. The molecule has 0 bridgehead atoms. The van der Waals surface area contributed by atoms with E-state index in [0.29, 0.717) is 12.2 Å². The Labute approximate surface area is 88.1 Å². The molecule has 1 N–H and O–H groups in total. The zero-order valence-corrected chi connectivity index (χ0v) is 8.34. The number of halogens is 1. The minimum atomic E-state index is -0.873. The molecule has 0 aliphatic carbocycles. The molecule has 0 unspecified atom stereocenters. The molecule has 1 aromatic rings. The molecule has 0 saturated carbocycles. The van der Waals surface area contributed by atoms with Gasteiger partial charge < -0.3 is 9.84 Å². The third kappa shape index (κ3) is 1.82. The molecule has 1 aromatic carbocycles. The molecule has 2 rings (SSSR count). The molecule has 4 heteroatoms. The average molecular weight is 215 g/mol. The predicted molar refractivity (Wildman–Crippen MR) is 54.5 cm³/mol. The van der Waals surface area contributed by atoms with E-state index >= 15 is 0 Å². The normalized spacial score (nSPS) is 13.4. The number of ether oxygens (including phenoxy) is 1. The van der Waals surface area contributed by atoms with Crippen molar-refractivity contribution in [1.82, 2.24) is 0 Å². The number of carboxylic acid groups (broad SMARTS) is 1. The van der Waals surface area contributed by atoms with Gasteiger partial charge in [0.2, 0.25) is 0 Å². The van der Waals surface area contributed by atoms with E-state index in [9.17, 15) is 4.79 Å². The van der Waals surface area contributed by atoms with E-state index in [-0.39, 0.29) is 12.4 Å². The summed E-state index contributed by atoms with van der Waals surface area (Å²) in [5.41, 5.74) is 1.21. The van der Waals surface area contributed by atoms with Gasteiger partial charge in [0.1, 0.15) is 5.75 Å². The SMILES string of the molecule is Cl.O=C(O)c1cccc2c1CCCO2. The first-order chi connectivity index (χ1) is 6.29. The van der Waals surface area contributed by atoms with Crippen molar-refractivity contribution in [1.29, 1.82) is 0 Å². The van der Waals surface area contributed by atoms with Crippen LogP contribution in [0.15, 0.2) is 18.2 Å². The Balaban J connectivity index is 0.000000980. The van der Waals surface area contributed by atoms with Crippen molar-refractivity contribution >= 4 is 18.4 Å². The molecular formula is C10H11ClO3. The van der Waals surface area contributed by atoms with Crippen LogP contribution in [-0.4, -0.2) is 17.7 Å². The number of fused-ring (bicyclic) bond motifs is 1. The second kappa shape index (κ2) is 4.33. The summed E-state index contributed by atoms with van der Waals surface area (Å²) >= 11 is 0. The lowest BCUT2D eigenvalue weighted by atomic mass is 10.0. The van der Waals surface area contributed by atoms with Crippen molar-refractivity contribution in [2.24, 2.45) is 0 Å². The highest BCUT2D eigenvalue weighted by Gasteiger charge is 2.17. The zero-order valence-electron chi connectivity index (χ0n) is 7.53. The lowest BCUT2D eigenvalue weighted by Gasteiger charge is -2.18. The van der Waals surface area contributed by atoms with Crippen molar-refractivity contribution in [3.63, 3.8) is 0 Å². The first kappa shape index (κ1) is 10.9. The molecule has 0 spiro atoms. The number of carbonyl (C=O) groups is 1. The van der Waals surface area contributed by atoms with Crippen LogP contribution in [0.25, 0.3) is 0 Å². The Morgan fingerprint density at radius 1 is 1.43 bits per heavy atom. The number of hydrogen-bond acceptors (Lipinski definition) is 2. The van der Waals surface area contributed by atoms with Crippen LogP contribution in [0.2, 0.25) is 0 Å². The second-order valence-corrected chi connectivity index (χ2v) is 3.04. The molecule has 0 radical (unpaired) electrons. The van der Waals surface area contributed by atoms with Crippen LogP contribution in [-0.2, 0) is 6.42 Å². The van der Waals surface area contributed by atoms with Gasteiger partial charge in [-0.15, -0.1) is 12.4 Å². The molecule has 76 valence electrons. The van der Waals surface area contributed by atoms with Crippen molar-refractivity contribution in [3.8, 4) is 5.75 Å². The maximum Gasteiger partial charge on any atom is 0.336 e. The molecular weight excluding hydrogens is 204 g/mol. The summed E-state index contributed by atoms with van der Waals surface area (Å²) in [6.07, 6.45) is 1.70. The molecule has 0 fully saturated rings.